The van der Waals surface area contributed by atoms with Crippen LogP contribution in [-0.4, -0.2) is 28.6 Å². The molecule has 0 spiro atoms. The van der Waals surface area contributed by atoms with Crippen molar-refractivity contribution in [2.75, 3.05) is 13.1 Å². The number of nitrogens with zero attached hydrogens (tertiary/aromatic N) is 3. The molecule has 0 atom stereocenters. The quantitative estimate of drug-likeness (QED) is 0.307. The number of nitrogens with one attached hydrogen (secondary N) is 2. The summed E-state index contributed by atoms with van der Waals surface area (Å²) in [4.78, 5) is 9.12. The van der Waals surface area contributed by atoms with Gasteiger partial charge >= 0.3 is 0 Å². The molecule has 144 valence electrons. The van der Waals surface area contributed by atoms with Gasteiger partial charge in [-0.15, -0.1) is 24.0 Å². The monoisotopic (exact) mass is 479 g/mol. The lowest BCUT2D eigenvalue weighted by Crippen LogP contribution is -2.38. The summed E-state index contributed by atoms with van der Waals surface area (Å²) in [6.45, 7) is 7.07. The SMILES string of the molecule is CCNC(=NCc1coc(-c2ccc(C)cc2)n1)NCCn1cccc1.I. The first-order valence-electron chi connectivity index (χ1n) is 8.89. The Hall–Kier alpha value is -2.29. The number of guanidine groups is 1. The van der Waals surface area contributed by atoms with E-state index < -0.39 is 0 Å². The molecule has 7 heteroatoms. The lowest BCUT2D eigenvalue weighted by molar-refractivity contribution is 0.572. The summed E-state index contributed by atoms with van der Waals surface area (Å²) in [6, 6.07) is 12.2. The number of halogens is 1. The van der Waals surface area contributed by atoms with Gasteiger partial charge in [-0.1, -0.05) is 17.7 Å². The second kappa shape index (κ2) is 10.8. The van der Waals surface area contributed by atoms with Crippen LogP contribution in [0.25, 0.3) is 11.5 Å². The molecule has 0 aliphatic carbocycles. The van der Waals surface area contributed by atoms with Crippen LogP contribution in [0.2, 0.25) is 0 Å². The van der Waals surface area contributed by atoms with Crippen LogP contribution in [0.3, 0.4) is 0 Å². The lowest BCUT2D eigenvalue weighted by Gasteiger charge is -2.11. The highest BCUT2D eigenvalue weighted by atomic mass is 127. The maximum Gasteiger partial charge on any atom is 0.226 e. The molecule has 3 aromatic rings. The average molecular weight is 479 g/mol. The van der Waals surface area contributed by atoms with E-state index in [0.717, 1.165) is 36.9 Å². The highest BCUT2D eigenvalue weighted by Crippen LogP contribution is 2.19. The molecule has 0 aliphatic heterocycles. The van der Waals surface area contributed by atoms with Gasteiger partial charge in [-0.25, -0.2) is 9.98 Å². The second-order valence-corrected chi connectivity index (χ2v) is 6.05. The molecule has 27 heavy (non-hydrogen) atoms. The van der Waals surface area contributed by atoms with Crippen molar-refractivity contribution in [2.24, 2.45) is 4.99 Å². The largest absolute Gasteiger partial charge is 0.444 e. The molecule has 2 N–H and O–H groups in total. The summed E-state index contributed by atoms with van der Waals surface area (Å²) in [7, 11) is 0. The molecular weight excluding hydrogens is 453 g/mol. The standard InChI is InChI=1S/C20H25N5O.HI/c1-3-21-20(22-10-13-25-11-4-5-12-25)23-14-18-15-26-19(24-18)17-8-6-16(2)7-9-17;/h4-9,11-12,15H,3,10,13-14H2,1-2H3,(H2,21,22,23);1H. The smallest absolute Gasteiger partial charge is 0.226 e. The van der Waals surface area contributed by atoms with E-state index in [4.69, 9.17) is 4.42 Å². The van der Waals surface area contributed by atoms with Crippen molar-refractivity contribution in [3.05, 3.63) is 66.3 Å². The molecule has 0 amide bonds. The molecular formula is C20H26IN5O. The van der Waals surface area contributed by atoms with Gasteiger partial charge in [-0.05, 0) is 38.1 Å². The first-order valence-corrected chi connectivity index (χ1v) is 8.89. The number of aromatic nitrogens is 2. The highest BCUT2D eigenvalue weighted by Gasteiger charge is 2.06. The van der Waals surface area contributed by atoms with Gasteiger partial charge in [0.15, 0.2) is 5.96 Å². The minimum Gasteiger partial charge on any atom is -0.444 e. The van der Waals surface area contributed by atoms with Crippen molar-refractivity contribution in [2.45, 2.75) is 26.9 Å². The van der Waals surface area contributed by atoms with Gasteiger partial charge in [0.2, 0.25) is 5.89 Å². The third kappa shape index (κ3) is 6.42. The Morgan fingerprint density at radius 1 is 1.15 bits per heavy atom. The van der Waals surface area contributed by atoms with E-state index in [2.05, 4.69) is 51.2 Å². The van der Waals surface area contributed by atoms with Crippen molar-refractivity contribution >= 4 is 29.9 Å². The predicted molar refractivity (Wildman–Crippen MR) is 119 cm³/mol. The number of hydrogen-bond donors (Lipinski definition) is 2. The summed E-state index contributed by atoms with van der Waals surface area (Å²) < 4.78 is 7.72. The molecule has 0 saturated carbocycles. The van der Waals surface area contributed by atoms with Gasteiger partial charge in [0.1, 0.15) is 12.0 Å². The van der Waals surface area contributed by atoms with Crippen molar-refractivity contribution < 1.29 is 4.42 Å². The zero-order valence-corrected chi connectivity index (χ0v) is 18.0. The van der Waals surface area contributed by atoms with Crippen molar-refractivity contribution in [3.8, 4) is 11.5 Å². The van der Waals surface area contributed by atoms with Crippen LogP contribution < -0.4 is 10.6 Å². The van der Waals surface area contributed by atoms with Gasteiger partial charge in [0, 0.05) is 37.6 Å². The Balaban J connectivity index is 0.00000261. The van der Waals surface area contributed by atoms with Gasteiger partial charge in [0.25, 0.3) is 0 Å². The van der Waals surface area contributed by atoms with Crippen LogP contribution in [-0.2, 0) is 13.1 Å². The zero-order chi connectivity index (χ0) is 18.2. The third-order valence-electron chi connectivity index (χ3n) is 3.92. The highest BCUT2D eigenvalue weighted by molar-refractivity contribution is 14.0. The normalized spacial score (nSPS) is 11.1. The van der Waals surface area contributed by atoms with Crippen LogP contribution >= 0.6 is 24.0 Å². The van der Waals surface area contributed by atoms with E-state index in [0.29, 0.717) is 12.4 Å². The summed E-state index contributed by atoms with van der Waals surface area (Å²) in [6.07, 6.45) is 5.77. The van der Waals surface area contributed by atoms with Crippen LogP contribution in [0.15, 0.2) is 64.5 Å². The molecule has 0 saturated heterocycles. The molecule has 0 fully saturated rings. The minimum absolute atomic E-state index is 0. The molecule has 3 rings (SSSR count). The molecule has 0 bridgehead atoms. The average Bonchev–Trinajstić information content (AvgIpc) is 3.32. The molecule has 0 radical (unpaired) electrons. The van der Waals surface area contributed by atoms with Gasteiger partial charge in [-0.3, -0.25) is 0 Å². The third-order valence-corrected chi connectivity index (χ3v) is 3.92. The van der Waals surface area contributed by atoms with E-state index in [1.807, 2.05) is 36.7 Å². The Morgan fingerprint density at radius 2 is 1.89 bits per heavy atom. The minimum atomic E-state index is 0. The Kier molecular flexibility index (Phi) is 8.38. The van der Waals surface area contributed by atoms with Crippen molar-refractivity contribution in [1.29, 1.82) is 0 Å². The van der Waals surface area contributed by atoms with E-state index in [1.165, 1.54) is 5.56 Å². The fourth-order valence-corrected chi connectivity index (χ4v) is 2.53. The Morgan fingerprint density at radius 3 is 2.59 bits per heavy atom. The van der Waals surface area contributed by atoms with Crippen LogP contribution in [0.4, 0.5) is 0 Å². The first-order chi connectivity index (χ1) is 12.7. The fourth-order valence-electron chi connectivity index (χ4n) is 2.53. The summed E-state index contributed by atoms with van der Waals surface area (Å²) in [5.41, 5.74) is 3.00. The summed E-state index contributed by atoms with van der Waals surface area (Å²) >= 11 is 0. The number of rotatable bonds is 7. The van der Waals surface area contributed by atoms with Crippen LogP contribution in [0.5, 0.6) is 0 Å². The number of aliphatic imine (C=N–C) groups is 1. The first kappa shape index (κ1) is 21.0. The zero-order valence-electron chi connectivity index (χ0n) is 15.7. The molecule has 0 aliphatic rings. The summed E-state index contributed by atoms with van der Waals surface area (Å²) in [5, 5.41) is 6.58. The number of benzene rings is 1. The molecule has 2 aromatic heterocycles. The molecule has 2 heterocycles. The second-order valence-electron chi connectivity index (χ2n) is 6.05. The van der Waals surface area contributed by atoms with E-state index >= 15 is 0 Å². The predicted octanol–water partition coefficient (Wildman–Crippen LogP) is 3.82. The summed E-state index contributed by atoms with van der Waals surface area (Å²) in [5.74, 6) is 1.40. The molecule has 1 aromatic carbocycles. The van der Waals surface area contributed by atoms with Crippen molar-refractivity contribution in [1.82, 2.24) is 20.2 Å². The molecule has 0 unspecified atom stereocenters. The van der Waals surface area contributed by atoms with E-state index in [-0.39, 0.29) is 24.0 Å². The van der Waals surface area contributed by atoms with Crippen molar-refractivity contribution in [3.63, 3.8) is 0 Å². The number of aryl methyl sites for hydroxylation is 1. The van der Waals surface area contributed by atoms with Gasteiger partial charge < -0.3 is 19.6 Å². The Labute approximate surface area is 177 Å². The van der Waals surface area contributed by atoms with Gasteiger partial charge in [-0.2, -0.15) is 0 Å². The number of hydrogen-bond acceptors (Lipinski definition) is 3. The van der Waals surface area contributed by atoms with Gasteiger partial charge in [0.05, 0.1) is 6.54 Å². The topological polar surface area (TPSA) is 67.4 Å². The van der Waals surface area contributed by atoms with E-state index in [9.17, 15) is 0 Å². The number of oxazole rings is 1. The fraction of sp³-hybridized carbons (Fsp3) is 0.300. The molecule has 6 nitrogen and oxygen atoms in total. The maximum atomic E-state index is 5.59. The lowest BCUT2D eigenvalue weighted by atomic mass is 10.1. The van der Waals surface area contributed by atoms with Crippen LogP contribution in [0.1, 0.15) is 18.2 Å². The van der Waals surface area contributed by atoms with Crippen LogP contribution in [0, 0.1) is 6.92 Å². The maximum absolute atomic E-state index is 5.59. The Bertz CT molecular complexity index is 824. The van der Waals surface area contributed by atoms with E-state index in [1.54, 1.807) is 6.26 Å².